The van der Waals surface area contributed by atoms with E-state index in [1.165, 1.54) is 18.7 Å². The molecule has 8 heteroatoms. The molecule has 0 unspecified atom stereocenters. The second-order valence-corrected chi connectivity index (χ2v) is 7.54. The van der Waals surface area contributed by atoms with Crippen molar-refractivity contribution in [3.05, 3.63) is 58.6 Å². The summed E-state index contributed by atoms with van der Waals surface area (Å²) in [6.07, 6.45) is 1.18. The first-order valence-corrected chi connectivity index (χ1v) is 10.2. The van der Waals surface area contributed by atoms with Gasteiger partial charge in [0.05, 0.1) is 5.69 Å². The minimum absolute atomic E-state index is 0.164. The van der Waals surface area contributed by atoms with E-state index in [-0.39, 0.29) is 5.91 Å². The summed E-state index contributed by atoms with van der Waals surface area (Å²) in [6.45, 7) is 3.49. The van der Waals surface area contributed by atoms with Crippen LogP contribution in [0.5, 0.6) is 5.88 Å². The van der Waals surface area contributed by atoms with Gasteiger partial charge in [0.15, 0.2) is 5.69 Å². The van der Waals surface area contributed by atoms with Crippen molar-refractivity contribution in [2.45, 2.75) is 25.2 Å². The molecular weight excluding hydrogens is 396 g/mol. The quantitative estimate of drug-likeness (QED) is 0.570. The highest BCUT2D eigenvalue weighted by Gasteiger charge is 2.35. The van der Waals surface area contributed by atoms with E-state index >= 15 is 0 Å². The Bertz CT molecular complexity index is 1080. The summed E-state index contributed by atoms with van der Waals surface area (Å²) in [7, 11) is 0. The van der Waals surface area contributed by atoms with Crippen LogP contribution in [0.25, 0.3) is 11.3 Å². The molecule has 0 spiro atoms. The predicted octanol–water partition coefficient (Wildman–Crippen LogP) is 4.67. The molecule has 1 atom stereocenters. The molecule has 0 N–H and O–H groups in total. The standard InChI is InChI=1S/C20H17ClN4O2S/c1-11-6-4-5-7-14(11)19-25(12(2)26)16-9-8-13(21)10-15(16)17-18(27-19)22-20(28-3)24-23-17/h4-10,19H,1-3H3/t19-/m1/s1. The van der Waals surface area contributed by atoms with Gasteiger partial charge in [-0.1, -0.05) is 47.6 Å². The van der Waals surface area contributed by atoms with Crippen molar-refractivity contribution in [3.63, 3.8) is 0 Å². The second kappa shape index (κ2) is 7.41. The number of halogens is 1. The Hall–Kier alpha value is -2.64. The van der Waals surface area contributed by atoms with Crippen LogP contribution in [-0.2, 0) is 4.79 Å². The number of benzene rings is 2. The maximum atomic E-state index is 12.7. The summed E-state index contributed by atoms with van der Waals surface area (Å²) in [5.41, 5.74) is 3.64. The van der Waals surface area contributed by atoms with Gasteiger partial charge in [0.1, 0.15) is 0 Å². The molecule has 0 aliphatic carbocycles. The lowest BCUT2D eigenvalue weighted by Gasteiger charge is -2.30. The normalized spacial score (nSPS) is 15.3. The first kappa shape index (κ1) is 18.7. The summed E-state index contributed by atoms with van der Waals surface area (Å²) < 4.78 is 6.30. The fourth-order valence-electron chi connectivity index (χ4n) is 3.23. The van der Waals surface area contributed by atoms with Crippen LogP contribution in [0.1, 0.15) is 24.3 Å². The third kappa shape index (κ3) is 3.21. The third-order valence-corrected chi connectivity index (χ3v) is 5.32. The molecule has 0 saturated heterocycles. The number of aromatic nitrogens is 3. The van der Waals surface area contributed by atoms with Crippen LogP contribution in [0, 0.1) is 6.92 Å². The fraction of sp³-hybridized carbons (Fsp3) is 0.200. The number of carbonyl (C=O) groups is 1. The number of aryl methyl sites for hydroxylation is 1. The third-order valence-electron chi connectivity index (χ3n) is 4.54. The lowest BCUT2D eigenvalue weighted by molar-refractivity contribution is -0.118. The minimum Gasteiger partial charge on any atom is -0.447 e. The maximum Gasteiger partial charge on any atom is 0.247 e. The van der Waals surface area contributed by atoms with Crippen molar-refractivity contribution in [3.8, 4) is 17.1 Å². The van der Waals surface area contributed by atoms with E-state index in [0.29, 0.717) is 33.0 Å². The monoisotopic (exact) mass is 412 g/mol. The summed E-state index contributed by atoms with van der Waals surface area (Å²) in [4.78, 5) is 18.8. The van der Waals surface area contributed by atoms with E-state index in [9.17, 15) is 4.79 Å². The number of anilines is 1. The molecule has 1 aliphatic heterocycles. The zero-order valence-electron chi connectivity index (χ0n) is 15.5. The maximum absolute atomic E-state index is 12.7. The lowest BCUT2D eigenvalue weighted by atomic mass is 10.0. The molecule has 4 rings (SSSR count). The van der Waals surface area contributed by atoms with E-state index in [4.69, 9.17) is 16.3 Å². The molecule has 0 bridgehead atoms. The van der Waals surface area contributed by atoms with Gasteiger partial charge in [-0.25, -0.2) is 0 Å². The van der Waals surface area contributed by atoms with Crippen molar-refractivity contribution < 1.29 is 9.53 Å². The van der Waals surface area contributed by atoms with Crippen molar-refractivity contribution >= 4 is 35.0 Å². The highest BCUT2D eigenvalue weighted by Crippen LogP contribution is 2.44. The first-order chi connectivity index (χ1) is 13.5. The molecule has 142 valence electrons. The topological polar surface area (TPSA) is 68.2 Å². The van der Waals surface area contributed by atoms with Gasteiger partial charge in [-0.2, -0.15) is 4.98 Å². The summed E-state index contributed by atoms with van der Waals surface area (Å²) >= 11 is 7.61. The van der Waals surface area contributed by atoms with Crippen LogP contribution in [0.2, 0.25) is 5.02 Å². The van der Waals surface area contributed by atoms with E-state index in [1.54, 1.807) is 23.1 Å². The fourth-order valence-corrected chi connectivity index (χ4v) is 3.70. The van der Waals surface area contributed by atoms with Gasteiger partial charge in [-0.05, 0) is 36.9 Å². The van der Waals surface area contributed by atoms with Crippen LogP contribution < -0.4 is 9.64 Å². The Kier molecular flexibility index (Phi) is 4.95. The number of rotatable bonds is 2. The molecule has 2 aromatic carbocycles. The van der Waals surface area contributed by atoms with Crippen molar-refractivity contribution in [1.29, 1.82) is 0 Å². The molecule has 1 amide bonds. The number of thioether (sulfide) groups is 1. The molecule has 1 aromatic heterocycles. The van der Waals surface area contributed by atoms with Gasteiger partial charge >= 0.3 is 0 Å². The average Bonchev–Trinajstić information content (AvgIpc) is 2.82. The number of nitrogens with zero attached hydrogens (tertiary/aromatic N) is 4. The molecule has 0 radical (unpaired) electrons. The predicted molar refractivity (Wildman–Crippen MR) is 110 cm³/mol. The van der Waals surface area contributed by atoms with Crippen LogP contribution in [0.3, 0.4) is 0 Å². The van der Waals surface area contributed by atoms with Crippen LogP contribution in [0.4, 0.5) is 5.69 Å². The Morgan fingerprint density at radius 1 is 1.21 bits per heavy atom. The lowest BCUT2D eigenvalue weighted by Crippen LogP contribution is -2.36. The zero-order chi connectivity index (χ0) is 19.8. The smallest absolute Gasteiger partial charge is 0.247 e. The van der Waals surface area contributed by atoms with Crippen LogP contribution >= 0.6 is 23.4 Å². The van der Waals surface area contributed by atoms with Crippen molar-refractivity contribution in [2.75, 3.05) is 11.2 Å². The molecule has 0 fully saturated rings. The Labute approximate surface area is 171 Å². The van der Waals surface area contributed by atoms with E-state index in [2.05, 4.69) is 15.2 Å². The molecule has 2 heterocycles. The number of ether oxygens (including phenoxy) is 1. The molecular formula is C20H17ClN4O2S. The SMILES string of the molecule is CSc1nnc2c(n1)O[C@H](c1ccccc1C)N(C(C)=O)c1ccc(Cl)cc1-2. The number of fused-ring (bicyclic) bond motifs is 3. The van der Waals surface area contributed by atoms with Gasteiger partial charge < -0.3 is 4.74 Å². The molecule has 0 saturated carbocycles. The minimum atomic E-state index is -0.689. The van der Waals surface area contributed by atoms with Crippen LogP contribution in [0.15, 0.2) is 47.6 Å². The number of amides is 1. The summed E-state index contributed by atoms with van der Waals surface area (Å²) in [5, 5.41) is 9.48. The Morgan fingerprint density at radius 2 is 2.00 bits per heavy atom. The van der Waals surface area contributed by atoms with Gasteiger partial charge in [0.2, 0.25) is 23.2 Å². The first-order valence-electron chi connectivity index (χ1n) is 8.60. The van der Waals surface area contributed by atoms with E-state index < -0.39 is 6.23 Å². The summed E-state index contributed by atoms with van der Waals surface area (Å²) in [5.74, 6) is 0.155. The Balaban J connectivity index is 2.02. The van der Waals surface area contributed by atoms with Gasteiger partial charge in [-0.3, -0.25) is 9.69 Å². The second-order valence-electron chi connectivity index (χ2n) is 6.33. The van der Waals surface area contributed by atoms with Gasteiger partial charge in [0.25, 0.3) is 0 Å². The number of carbonyl (C=O) groups excluding carboxylic acids is 1. The highest BCUT2D eigenvalue weighted by atomic mass is 35.5. The molecule has 6 nitrogen and oxygen atoms in total. The van der Waals surface area contributed by atoms with E-state index in [1.807, 2.05) is 37.4 Å². The number of hydrogen-bond acceptors (Lipinski definition) is 6. The number of hydrogen-bond donors (Lipinski definition) is 0. The van der Waals surface area contributed by atoms with Crippen molar-refractivity contribution in [2.24, 2.45) is 0 Å². The van der Waals surface area contributed by atoms with Crippen LogP contribution in [-0.4, -0.2) is 27.3 Å². The highest BCUT2D eigenvalue weighted by molar-refractivity contribution is 7.98. The Morgan fingerprint density at radius 3 is 2.71 bits per heavy atom. The molecule has 1 aliphatic rings. The van der Waals surface area contributed by atoms with Gasteiger partial charge in [-0.15, -0.1) is 10.2 Å². The van der Waals surface area contributed by atoms with Gasteiger partial charge in [0, 0.05) is 23.1 Å². The molecule has 3 aromatic rings. The zero-order valence-corrected chi connectivity index (χ0v) is 17.1. The summed E-state index contributed by atoms with van der Waals surface area (Å²) in [6, 6.07) is 13.1. The largest absolute Gasteiger partial charge is 0.447 e. The average molecular weight is 413 g/mol. The van der Waals surface area contributed by atoms with Crippen molar-refractivity contribution in [1.82, 2.24) is 15.2 Å². The molecule has 28 heavy (non-hydrogen) atoms. The van der Waals surface area contributed by atoms with E-state index in [0.717, 1.165) is 11.1 Å².